The van der Waals surface area contributed by atoms with Crippen LogP contribution in [0.3, 0.4) is 0 Å². The summed E-state index contributed by atoms with van der Waals surface area (Å²) in [4.78, 5) is 55.3. The maximum atomic E-state index is 13.2. The van der Waals surface area contributed by atoms with Crippen LogP contribution in [0.4, 0.5) is 5.69 Å². The fourth-order valence-electron chi connectivity index (χ4n) is 4.26. The number of rotatable bonds is 5. The predicted molar refractivity (Wildman–Crippen MR) is 107 cm³/mol. The summed E-state index contributed by atoms with van der Waals surface area (Å²) in [6, 6.07) is 4.31. The van der Waals surface area contributed by atoms with Gasteiger partial charge in [0, 0.05) is 38.5 Å². The van der Waals surface area contributed by atoms with Crippen molar-refractivity contribution in [1.29, 1.82) is 0 Å². The van der Waals surface area contributed by atoms with E-state index in [9.17, 15) is 19.2 Å². The Kier molecular flexibility index (Phi) is 5.56. The van der Waals surface area contributed by atoms with E-state index in [0.29, 0.717) is 17.0 Å². The molecule has 1 unspecified atom stereocenters. The first-order valence-corrected chi connectivity index (χ1v) is 10.4. The normalized spacial score (nSPS) is 22.9. The number of alkyl halides is 1. The highest BCUT2D eigenvalue weighted by molar-refractivity contribution is 6.25. The van der Waals surface area contributed by atoms with Crippen LogP contribution in [0.2, 0.25) is 0 Å². The molecular formula is C20H23ClN4O4. The average Bonchev–Trinajstić information content (AvgIpc) is 2.98. The standard InChI is InChI=1S/C20H23ClN4O4/c21-7-2-8-23-9-11-24(12-10-23)14-4-1-3-13-17(14)20(29)25(19(13)28)15-5-6-16(26)22-18(15)27/h1,3-4,15H,2,5-12H2,(H,22,26,27). The molecule has 0 saturated carbocycles. The number of hydrogen-bond acceptors (Lipinski definition) is 6. The number of carbonyl (C=O) groups excluding carboxylic acids is 4. The van der Waals surface area contributed by atoms with Crippen LogP contribution < -0.4 is 10.2 Å². The smallest absolute Gasteiger partial charge is 0.264 e. The summed E-state index contributed by atoms with van der Waals surface area (Å²) in [6.45, 7) is 4.17. The minimum absolute atomic E-state index is 0.112. The van der Waals surface area contributed by atoms with Gasteiger partial charge < -0.3 is 4.90 Å². The molecule has 1 aromatic carbocycles. The van der Waals surface area contributed by atoms with Gasteiger partial charge in [-0.15, -0.1) is 11.6 Å². The largest absolute Gasteiger partial charge is 0.368 e. The molecule has 3 aliphatic heterocycles. The predicted octanol–water partition coefficient (Wildman–Crippen LogP) is 0.839. The number of hydrogen-bond donors (Lipinski definition) is 1. The first-order chi connectivity index (χ1) is 14.0. The van der Waals surface area contributed by atoms with Crippen LogP contribution in [0.25, 0.3) is 0 Å². The lowest BCUT2D eigenvalue weighted by molar-refractivity contribution is -0.136. The van der Waals surface area contributed by atoms with Crippen molar-refractivity contribution >= 4 is 40.9 Å². The SMILES string of the molecule is O=C1CCC(N2C(=O)c3cccc(N4CCN(CCCCl)CC4)c3C2=O)C(=O)N1. The van der Waals surface area contributed by atoms with E-state index in [4.69, 9.17) is 11.6 Å². The molecule has 0 bridgehead atoms. The van der Waals surface area contributed by atoms with Crippen LogP contribution in [0.15, 0.2) is 18.2 Å². The van der Waals surface area contributed by atoms with E-state index < -0.39 is 23.8 Å². The summed E-state index contributed by atoms with van der Waals surface area (Å²) in [5.74, 6) is -1.26. The average molecular weight is 419 g/mol. The quantitative estimate of drug-likeness (QED) is 0.563. The van der Waals surface area contributed by atoms with Gasteiger partial charge in [-0.05, 0) is 31.5 Å². The first-order valence-electron chi connectivity index (χ1n) is 9.89. The van der Waals surface area contributed by atoms with Gasteiger partial charge in [-0.2, -0.15) is 0 Å². The summed E-state index contributed by atoms with van der Waals surface area (Å²) in [5, 5.41) is 2.22. The molecule has 4 amide bonds. The molecule has 8 nitrogen and oxygen atoms in total. The molecule has 3 heterocycles. The molecule has 1 aromatic rings. The number of fused-ring (bicyclic) bond motifs is 1. The van der Waals surface area contributed by atoms with Crippen molar-refractivity contribution in [1.82, 2.24) is 15.1 Å². The van der Waals surface area contributed by atoms with Gasteiger partial charge in [0.05, 0.1) is 16.8 Å². The molecule has 29 heavy (non-hydrogen) atoms. The molecule has 2 fully saturated rings. The fraction of sp³-hybridized carbons (Fsp3) is 0.500. The Hall–Kier alpha value is -2.45. The Bertz CT molecular complexity index is 866. The van der Waals surface area contributed by atoms with Crippen molar-refractivity contribution in [2.24, 2.45) is 0 Å². The minimum atomic E-state index is -0.944. The molecule has 0 aromatic heterocycles. The Morgan fingerprint density at radius 2 is 1.79 bits per heavy atom. The first kappa shape index (κ1) is 19.8. The zero-order valence-corrected chi connectivity index (χ0v) is 16.8. The second-order valence-electron chi connectivity index (χ2n) is 7.52. The second-order valence-corrected chi connectivity index (χ2v) is 7.90. The molecule has 0 radical (unpaired) electrons. The fourth-order valence-corrected chi connectivity index (χ4v) is 4.38. The number of nitrogens with zero attached hydrogens (tertiary/aromatic N) is 3. The number of imide groups is 2. The third-order valence-corrected chi connectivity index (χ3v) is 6.03. The highest BCUT2D eigenvalue weighted by Crippen LogP contribution is 2.34. The van der Waals surface area contributed by atoms with Gasteiger partial charge in [-0.25, -0.2) is 0 Å². The molecule has 0 aliphatic carbocycles. The Balaban J connectivity index is 1.56. The highest BCUT2D eigenvalue weighted by atomic mass is 35.5. The maximum absolute atomic E-state index is 13.2. The van der Waals surface area contributed by atoms with Crippen molar-refractivity contribution in [3.63, 3.8) is 0 Å². The summed E-state index contributed by atoms with van der Waals surface area (Å²) in [7, 11) is 0. The van der Waals surface area contributed by atoms with Crippen LogP contribution in [0, 0.1) is 0 Å². The summed E-state index contributed by atoms with van der Waals surface area (Å²) in [5.41, 5.74) is 1.41. The van der Waals surface area contributed by atoms with Gasteiger partial charge >= 0.3 is 0 Å². The summed E-state index contributed by atoms with van der Waals surface area (Å²) < 4.78 is 0. The van der Waals surface area contributed by atoms with Crippen molar-refractivity contribution in [2.45, 2.75) is 25.3 Å². The minimum Gasteiger partial charge on any atom is -0.368 e. The number of piperazine rings is 1. The molecule has 3 aliphatic rings. The van der Waals surface area contributed by atoms with Gasteiger partial charge in [0.15, 0.2) is 0 Å². The lowest BCUT2D eigenvalue weighted by atomic mass is 10.0. The molecule has 2 saturated heterocycles. The van der Waals surface area contributed by atoms with Crippen LogP contribution in [-0.2, 0) is 9.59 Å². The molecule has 1 atom stereocenters. The summed E-state index contributed by atoms with van der Waals surface area (Å²) in [6.07, 6.45) is 1.21. The molecule has 154 valence electrons. The van der Waals surface area contributed by atoms with E-state index in [1.165, 1.54) is 0 Å². The Morgan fingerprint density at radius 1 is 1.03 bits per heavy atom. The molecule has 1 N–H and O–H groups in total. The van der Waals surface area contributed by atoms with Crippen LogP contribution >= 0.6 is 11.6 Å². The molecule has 0 spiro atoms. The van der Waals surface area contributed by atoms with E-state index >= 15 is 0 Å². The number of nitrogens with one attached hydrogen (secondary N) is 1. The number of amides is 4. The number of halogens is 1. The van der Waals surface area contributed by atoms with Crippen molar-refractivity contribution in [3.05, 3.63) is 29.3 Å². The van der Waals surface area contributed by atoms with E-state index in [1.807, 2.05) is 6.07 Å². The Morgan fingerprint density at radius 3 is 2.48 bits per heavy atom. The number of carbonyl (C=O) groups is 4. The van der Waals surface area contributed by atoms with Gasteiger partial charge in [0.25, 0.3) is 11.8 Å². The lowest BCUT2D eigenvalue weighted by Gasteiger charge is -2.36. The van der Waals surface area contributed by atoms with Gasteiger partial charge in [0.2, 0.25) is 11.8 Å². The third kappa shape index (κ3) is 3.62. The van der Waals surface area contributed by atoms with Crippen molar-refractivity contribution < 1.29 is 19.2 Å². The van der Waals surface area contributed by atoms with Gasteiger partial charge in [0.1, 0.15) is 6.04 Å². The van der Waals surface area contributed by atoms with Crippen LogP contribution in [0.1, 0.15) is 40.0 Å². The van der Waals surface area contributed by atoms with Crippen molar-refractivity contribution in [2.75, 3.05) is 43.5 Å². The van der Waals surface area contributed by atoms with E-state index in [2.05, 4.69) is 15.1 Å². The monoisotopic (exact) mass is 418 g/mol. The van der Waals surface area contributed by atoms with E-state index in [0.717, 1.165) is 49.7 Å². The number of benzene rings is 1. The van der Waals surface area contributed by atoms with E-state index in [1.54, 1.807) is 12.1 Å². The topological polar surface area (TPSA) is 90.0 Å². The zero-order chi connectivity index (χ0) is 20.5. The number of anilines is 1. The van der Waals surface area contributed by atoms with Crippen LogP contribution in [-0.4, -0.2) is 78.1 Å². The van der Waals surface area contributed by atoms with Gasteiger partial charge in [-0.1, -0.05) is 6.07 Å². The second kappa shape index (κ2) is 8.12. The molecule has 9 heteroatoms. The summed E-state index contributed by atoms with van der Waals surface area (Å²) >= 11 is 5.78. The molecular weight excluding hydrogens is 396 g/mol. The zero-order valence-electron chi connectivity index (χ0n) is 16.0. The lowest BCUT2D eigenvalue weighted by Crippen LogP contribution is -2.54. The van der Waals surface area contributed by atoms with Crippen molar-refractivity contribution in [3.8, 4) is 0 Å². The maximum Gasteiger partial charge on any atom is 0.264 e. The number of piperidine rings is 1. The van der Waals surface area contributed by atoms with Crippen LogP contribution in [0.5, 0.6) is 0 Å². The highest BCUT2D eigenvalue weighted by Gasteiger charge is 2.46. The Labute approximate surface area is 173 Å². The van der Waals surface area contributed by atoms with Gasteiger partial charge in [-0.3, -0.25) is 34.3 Å². The van der Waals surface area contributed by atoms with E-state index in [-0.39, 0.29) is 18.7 Å². The third-order valence-electron chi connectivity index (χ3n) is 5.77. The molecule has 4 rings (SSSR count).